The number of hydrogen-bond donors (Lipinski definition) is 0. The molecule has 0 N–H and O–H groups in total. The van der Waals surface area contributed by atoms with Crippen LogP contribution < -0.4 is 0 Å². The van der Waals surface area contributed by atoms with E-state index in [1.165, 1.54) is 18.0 Å². The number of carbonyl (C=O) groups is 1. The van der Waals surface area contributed by atoms with Crippen LogP contribution in [0.2, 0.25) is 5.15 Å². The van der Waals surface area contributed by atoms with Gasteiger partial charge in [0, 0.05) is 13.1 Å². The van der Waals surface area contributed by atoms with Crippen LogP contribution in [-0.2, 0) is 6.54 Å². The lowest BCUT2D eigenvalue weighted by Crippen LogP contribution is -2.31. The molecular formula is C15H16ClN3O. The van der Waals surface area contributed by atoms with Crippen LogP contribution in [0.4, 0.5) is 0 Å². The molecule has 1 aromatic carbocycles. The Labute approximate surface area is 123 Å². The van der Waals surface area contributed by atoms with Crippen molar-refractivity contribution < 1.29 is 4.79 Å². The predicted octanol–water partition coefficient (Wildman–Crippen LogP) is 3.10. The normalized spacial score (nSPS) is 10.3. The second-order valence-corrected chi connectivity index (χ2v) is 4.92. The largest absolute Gasteiger partial charge is 0.333 e. The second kappa shape index (κ2) is 6.48. The second-order valence-electron chi connectivity index (χ2n) is 4.53. The van der Waals surface area contributed by atoms with Gasteiger partial charge in [-0.25, -0.2) is 9.97 Å². The lowest BCUT2D eigenvalue weighted by molar-refractivity contribution is 0.0746. The van der Waals surface area contributed by atoms with E-state index < -0.39 is 0 Å². The van der Waals surface area contributed by atoms with E-state index in [1.54, 1.807) is 4.90 Å². The zero-order valence-electron chi connectivity index (χ0n) is 11.5. The van der Waals surface area contributed by atoms with Crippen molar-refractivity contribution in [1.82, 2.24) is 14.9 Å². The SMILES string of the molecule is CCN(Cc1cccc(C)c1)C(=O)c1cnc(Cl)cn1. The molecule has 20 heavy (non-hydrogen) atoms. The number of aryl methyl sites for hydroxylation is 1. The van der Waals surface area contributed by atoms with E-state index in [1.807, 2.05) is 32.0 Å². The van der Waals surface area contributed by atoms with Crippen LogP contribution in [0.25, 0.3) is 0 Å². The minimum atomic E-state index is -0.141. The quantitative estimate of drug-likeness (QED) is 0.869. The molecule has 104 valence electrons. The highest BCUT2D eigenvalue weighted by Gasteiger charge is 2.16. The molecule has 2 aromatic rings. The molecule has 0 spiro atoms. The zero-order valence-corrected chi connectivity index (χ0v) is 12.3. The van der Waals surface area contributed by atoms with Gasteiger partial charge in [0.2, 0.25) is 0 Å². The van der Waals surface area contributed by atoms with Gasteiger partial charge in [0.25, 0.3) is 5.91 Å². The monoisotopic (exact) mass is 289 g/mol. The molecule has 0 bridgehead atoms. The molecule has 0 atom stereocenters. The van der Waals surface area contributed by atoms with Crippen molar-refractivity contribution in [3.8, 4) is 0 Å². The molecule has 2 rings (SSSR count). The first-order valence-corrected chi connectivity index (χ1v) is 6.80. The lowest BCUT2D eigenvalue weighted by atomic mass is 10.1. The van der Waals surface area contributed by atoms with Crippen molar-refractivity contribution in [3.63, 3.8) is 0 Å². The Morgan fingerprint density at radius 1 is 1.30 bits per heavy atom. The first-order chi connectivity index (χ1) is 9.60. The number of benzene rings is 1. The van der Waals surface area contributed by atoms with Crippen LogP contribution in [0, 0.1) is 6.92 Å². The third-order valence-corrected chi connectivity index (χ3v) is 3.16. The molecule has 0 aliphatic heterocycles. The van der Waals surface area contributed by atoms with Crippen molar-refractivity contribution in [3.05, 3.63) is 58.6 Å². The summed E-state index contributed by atoms with van der Waals surface area (Å²) in [6, 6.07) is 8.11. The van der Waals surface area contributed by atoms with Gasteiger partial charge in [-0.1, -0.05) is 41.4 Å². The highest BCUT2D eigenvalue weighted by molar-refractivity contribution is 6.29. The summed E-state index contributed by atoms with van der Waals surface area (Å²) in [7, 11) is 0. The Morgan fingerprint density at radius 2 is 2.10 bits per heavy atom. The lowest BCUT2D eigenvalue weighted by Gasteiger charge is -2.20. The maximum Gasteiger partial charge on any atom is 0.274 e. The van der Waals surface area contributed by atoms with Gasteiger partial charge in [0.1, 0.15) is 10.8 Å². The van der Waals surface area contributed by atoms with Crippen LogP contribution in [0.1, 0.15) is 28.5 Å². The number of rotatable bonds is 4. The Kier molecular flexibility index (Phi) is 4.69. The molecule has 1 aromatic heterocycles. The Hall–Kier alpha value is -1.94. The maximum absolute atomic E-state index is 12.4. The summed E-state index contributed by atoms with van der Waals surface area (Å²) in [6.45, 7) is 5.14. The predicted molar refractivity (Wildman–Crippen MR) is 78.6 cm³/mol. The van der Waals surface area contributed by atoms with Gasteiger partial charge in [0.05, 0.1) is 12.4 Å². The fraction of sp³-hybridized carbons (Fsp3) is 0.267. The molecule has 5 heteroatoms. The van der Waals surface area contributed by atoms with Gasteiger partial charge < -0.3 is 4.90 Å². The Balaban J connectivity index is 2.15. The van der Waals surface area contributed by atoms with Gasteiger partial charge in [0.15, 0.2) is 0 Å². The van der Waals surface area contributed by atoms with E-state index in [-0.39, 0.29) is 11.1 Å². The van der Waals surface area contributed by atoms with Crippen LogP contribution in [-0.4, -0.2) is 27.3 Å². The topological polar surface area (TPSA) is 46.1 Å². The first-order valence-electron chi connectivity index (χ1n) is 6.42. The molecular weight excluding hydrogens is 274 g/mol. The van der Waals surface area contributed by atoms with Crippen LogP contribution >= 0.6 is 11.6 Å². The molecule has 4 nitrogen and oxygen atoms in total. The van der Waals surface area contributed by atoms with Crippen molar-refractivity contribution in [2.24, 2.45) is 0 Å². The van der Waals surface area contributed by atoms with Gasteiger partial charge in [-0.3, -0.25) is 4.79 Å². The molecule has 0 unspecified atom stereocenters. The fourth-order valence-corrected chi connectivity index (χ4v) is 2.04. The molecule has 0 fully saturated rings. The Morgan fingerprint density at radius 3 is 2.70 bits per heavy atom. The molecule has 0 saturated carbocycles. The van der Waals surface area contributed by atoms with Crippen molar-refractivity contribution in [2.75, 3.05) is 6.54 Å². The molecule has 0 radical (unpaired) electrons. The summed E-state index contributed by atoms with van der Waals surface area (Å²) in [5.74, 6) is -0.141. The smallest absolute Gasteiger partial charge is 0.274 e. The molecule has 0 aliphatic rings. The van der Waals surface area contributed by atoms with Crippen molar-refractivity contribution in [1.29, 1.82) is 0 Å². The summed E-state index contributed by atoms with van der Waals surface area (Å²) in [6.07, 6.45) is 2.79. The fourth-order valence-electron chi connectivity index (χ4n) is 1.94. The molecule has 0 saturated heterocycles. The number of nitrogens with zero attached hydrogens (tertiary/aromatic N) is 3. The highest BCUT2D eigenvalue weighted by atomic mass is 35.5. The van der Waals surface area contributed by atoms with E-state index in [0.29, 0.717) is 18.8 Å². The minimum absolute atomic E-state index is 0.141. The average Bonchev–Trinajstić information content (AvgIpc) is 2.45. The zero-order chi connectivity index (χ0) is 14.5. The summed E-state index contributed by atoms with van der Waals surface area (Å²) in [5, 5.41) is 0.281. The van der Waals surface area contributed by atoms with Gasteiger partial charge in [-0.15, -0.1) is 0 Å². The number of amides is 1. The minimum Gasteiger partial charge on any atom is -0.333 e. The third-order valence-electron chi connectivity index (χ3n) is 2.96. The van der Waals surface area contributed by atoms with E-state index in [0.717, 1.165) is 5.56 Å². The summed E-state index contributed by atoms with van der Waals surface area (Å²) in [4.78, 5) is 22.0. The number of halogens is 1. The Bertz CT molecular complexity index is 598. The van der Waals surface area contributed by atoms with Gasteiger partial charge in [-0.05, 0) is 19.4 Å². The van der Waals surface area contributed by atoms with E-state index >= 15 is 0 Å². The van der Waals surface area contributed by atoms with E-state index in [4.69, 9.17) is 11.6 Å². The number of hydrogen-bond acceptors (Lipinski definition) is 3. The van der Waals surface area contributed by atoms with E-state index in [2.05, 4.69) is 16.0 Å². The van der Waals surface area contributed by atoms with Crippen LogP contribution in [0.3, 0.4) is 0 Å². The van der Waals surface area contributed by atoms with Crippen LogP contribution in [0.5, 0.6) is 0 Å². The summed E-state index contributed by atoms with van der Waals surface area (Å²) in [5.41, 5.74) is 2.59. The third kappa shape index (κ3) is 3.54. The van der Waals surface area contributed by atoms with Gasteiger partial charge >= 0.3 is 0 Å². The van der Waals surface area contributed by atoms with Gasteiger partial charge in [-0.2, -0.15) is 0 Å². The summed E-state index contributed by atoms with van der Waals surface area (Å²) < 4.78 is 0. The number of carbonyl (C=O) groups excluding carboxylic acids is 1. The van der Waals surface area contributed by atoms with Crippen LogP contribution in [0.15, 0.2) is 36.7 Å². The van der Waals surface area contributed by atoms with Crippen molar-refractivity contribution >= 4 is 17.5 Å². The highest BCUT2D eigenvalue weighted by Crippen LogP contribution is 2.11. The average molecular weight is 290 g/mol. The molecule has 1 amide bonds. The molecule has 0 aliphatic carbocycles. The summed E-state index contributed by atoms with van der Waals surface area (Å²) >= 11 is 5.68. The number of aromatic nitrogens is 2. The maximum atomic E-state index is 12.4. The first kappa shape index (κ1) is 14.5. The standard InChI is InChI=1S/C15H16ClN3O/c1-3-19(10-12-6-4-5-11(2)7-12)15(20)13-8-18-14(16)9-17-13/h4-9H,3,10H2,1-2H3. The van der Waals surface area contributed by atoms with E-state index in [9.17, 15) is 4.79 Å². The molecule has 1 heterocycles. The van der Waals surface area contributed by atoms with Crippen molar-refractivity contribution in [2.45, 2.75) is 20.4 Å².